The highest BCUT2D eigenvalue weighted by Gasteiger charge is 2.29. The quantitative estimate of drug-likeness (QED) is 0.444. The molecule has 6 heteroatoms. The zero-order valence-electron chi connectivity index (χ0n) is 15.7. The van der Waals surface area contributed by atoms with E-state index < -0.39 is 0 Å². The van der Waals surface area contributed by atoms with Gasteiger partial charge in [-0.25, -0.2) is 0 Å². The average molecular weight is 368 g/mol. The Kier molecular flexibility index (Phi) is 6.29. The van der Waals surface area contributed by atoms with Gasteiger partial charge < -0.3 is 25.7 Å². The van der Waals surface area contributed by atoms with E-state index in [1.165, 1.54) is 0 Å². The van der Waals surface area contributed by atoms with Crippen molar-refractivity contribution in [3.63, 3.8) is 0 Å². The van der Waals surface area contributed by atoms with E-state index in [2.05, 4.69) is 10.3 Å². The Morgan fingerprint density at radius 2 is 2.22 bits per heavy atom. The van der Waals surface area contributed by atoms with Gasteiger partial charge in [0, 0.05) is 47.9 Å². The van der Waals surface area contributed by atoms with Crippen molar-refractivity contribution in [3.05, 3.63) is 47.9 Å². The first-order valence-corrected chi connectivity index (χ1v) is 9.62. The van der Waals surface area contributed by atoms with E-state index in [4.69, 9.17) is 10.5 Å². The van der Waals surface area contributed by atoms with E-state index >= 15 is 0 Å². The van der Waals surface area contributed by atoms with Crippen LogP contribution in [-0.4, -0.2) is 52.3 Å². The predicted octanol–water partition coefficient (Wildman–Crippen LogP) is 3.62. The molecule has 2 atom stereocenters. The zero-order chi connectivity index (χ0) is 19.2. The molecule has 0 bridgehead atoms. The molecule has 1 aromatic carbocycles. The number of para-hydroxylation sites is 1. The summed E-state index contributed by atoms with van der Waals surface area (Å²) >= 11 is 0. The normalized spacial score (nSPS) is 20.6. The lowest BCUT2D eigenvalue weighted by Crippen LogP contribution is -2.47. The number of fused-ring (bicyclic) bond motifs is 1. The number of aliphatic hydroxyl groups is 1. The summed E-state index contributed by atoms with van der Waals surface area (Å²) in [5.41, 5.74) is 2.18. The Labute approximate surface area is 159 Å². The van der Waals surface area contributed by atoms with Crippen LogP contribution in [0.4, 0.5) is 0 Å². The molecule has 1 aliphatic carbocycles. The largest absolute Gasteiger partial charge is 0.515 e. The highest BCUT2D eigenvalue weighted by atomic mass is 16.2. The Morgan fingerprint density at radius 3 is 2.93 bits per heavy atom. The van der Waals surface area contributed by atoms with Gasteiger partial charge in [0.15, 0.2) is 0 Å². The lowest BCUT2D eigenvalue weighted by molar-refractivity contribution is 0.0624. The topological polar surface area (TPSA) is 92.2 Å². The van der Waals surface area contributed by atoms with Crippen molar-refractivity contribution in [2.24, 2.45) is 0 Å². The van der Waals surface area contributed by atoms with E-state index in [9.17, 15) is 4.79 Å². The van der Waals surface area contributed by atoms with Crippen LogP contribution in [0.15, 0.2) is 42.2 Å². The van der Waals surface area contributed by atoms with Gasteiger partial charge >= 0.3 is 0 Å². The van der Waals surface area contributed by atoms with Gasteiger partial charge in [0.2, 0.25) is 0 Å². The maximum Gasteiger partial charge on any atom is 0.270 e. The number of nitrogens with one attached hydrogen (secondary N) is 3. The molecule has 1 aliphatic rings. The van der Waals surface area contributed by atoms with Gasteiger partial charge in [0.25, 0.3) is 5.91 Å². The van der Waals surface area contributed by atoms with Crippen LogP contribution < -0.4 is 5.32 Å². The van der Waals surface area contributed by atoms with Crippen LogP contribution in [0.5, 0.6) is 0 Å². The standard InChI is InChI=1S/C21H28N4O2/c1-2-25(21(27)20-10-16-6-3-4-9-19(16)24-20)18-8-5-7-17(11-18)23-13-15(12-22)14-26/h3-4,6,9-10,12,14,17-18,22-24,26H,2,5,7-8,11,13H2,1H3/b15-14+,22-12?/t17-,18+/m1/s1. The highest BCUT2D eigenvalue weighted by molar-refractivity contribution is 5.98. The number of nitrogens with zero attached hydrogens (tertiary/aromatic N) is 1. The highest BCUT2D eigenvalue weighted by Crippen LogP contribution is 2.25. The number of hydrogen-bond donors (Lipinski definition) is 4. The van der Waals surface area contributed by atoms with Crippen LogP contribution in [0.25, 0.3) is 10.9 Å². The van der Waals surface area contributed by atoms with Crippen LogP contribution in [0.1, 0.15) is 43.1 Å². The number of aliphatic hydroxyl groups excluding tert-OH is 1. The Hall–Kier alpha value is -2.60. The number of benzene rings is 1. The van der Waals surface area contributed by atoms with Crippen molar-refractivity contribution in [2.45, 2.75) is 44.7 Å². The number of aromatic amines is 1. The average Bonchev–Trinajstić information content (AvgIpc) is 3.14. The number of hydrogen-bond acceptors (Lipinski definition) is 4. The number of H-pyrrole nitrogens is 1. The van der Waals surface area contributed by atoms with Crippen LogP contribution in [0.3, 0.4) is 0 Å². The first-order chi connectivity index (χ1) is 13.2. The minimum atomic E-state index is 0.0507. The van der Waals surface area contributed by atoms with E-state index in [1.807, 2.05) is 42.2 Å². The van der Waals surface area contributed by atoms with Gasteiger partial charge in [-0.3, -0.25) is 4.79 Å². The molecule has 0 spiro atoms. The van der Waals surface area contributed by atoms with Gasteiger partial charge in [-0.2, -0.15) is 0 Å². The van der Waals surface area contributed by atoms with Crippen LogP contribution >= 0.6 is 0 Å². The minimum absolute atomic E-state index is 0.0507. The van der Waals surface area contributed by atoms with E-state index in [-0.39, 0.29) is 18.0 Å². The minimum Gasteiger partial charge on any atom is -0.515 e. The SMILES string of the molecule is CCN(C(=O)c1cc2ccccc2[nH]1)[C@H]1CCC[C@@H](NC/C(C=N)=C/O)C1. The number of carbonyl (C=O) groups excluding carboxylic acids is 1. The first-order valence-electron chi connectivity index (χ1n) is 9.62. The molecule has 0 saturated heterocycles. The maximum atomic E-state index is 13.1. The van der Waals surface area contributed by atoms with E-state index in [0.717, 1.165) is 49.1 Å². The van der Waals surface area contributed by atoms with Crippen molar-refractivity contribution in [3.8, 4) is 0 Å². The number of amides is 1. The molecule has 1 aromatic heterocycles. The zero-order valence-corrected chi connectivity index (χ0v) is 15.7. The third-order valence-electron chi connectivity index (χ3n) is 5.40. The summed E-state index contributed by atoms with van der Waals surface area (Å²) in [6, 6.07) is 10.3. The summed E-state index contributed by atoms with van der Waals surface area (Å²) in [5.74, 6) is 0.0507. The molecule has 2 aromatic rings. The lowest BCUT2D eigenvalue weighted by atomic mass is 9.89. The maximum absolute atomic E-state index is 13.1. The van der Waals surface area contributed by atoms with Crippen molar-refractivity contribution < 1.29 is 9.90 Å². The summed E-state index contributed by atoms with van der Waals surface area (Å²) in [5, 5.41) is 20.8. The molecule has 144 valence electrons. The van der Waals surface area contributed by atoms with Gasteiger partial charge in [0.1, 0.15) is 5.69 Å². The first kappa shape index (κ1) is 19.2. The molecule has 3 rings (SSSR count). The fourth-order valence-electron chi connectivity index (χ4n) is 3.94. The second-order valence-corrected chi connectivity index (χ2v) is 7.11. The summed E-state index contributed by atoms with van der Waals surface area (Å²) in [6.45, 7) is 3.17. The molecule has 1 amide bonds. The molecule has 1 saturated carbocycles. The Balaban J connectivity index is 1.68. The van der Waals surface area contributed by atoms with Gasteiger partial charge in [-0.05, 0) is 44.7 Å². The predicted molar refractivity (Wildman–Crippen MR) is 109 cm³/mol. The van der Waals surface area contributed by atoms with Crippen molar-refractivity contribution in [2.75, 3.05) is 13.1 Å². The van der Waals surface area contributed by atoms with E-state index in [0.29, 0.717) is 24.4 Å². The van der Waals surface area contributed by atoms with Crippen LogP contribution in [-0.2, 0) is 0 Å². The molecule has 27 heavy (non-hydrogen) atoms. The second kappa shape index (κ2) is 8.86. The fraction of sp³-hybridized carbons (Fsp3) is 0.429. The lowest BCUT2D eigenvalue weighted by Gasteiger charge is -2.37. The second-order valence-electron chi connectivity index (χ2n) is 7.11. The summed E-state index contributed by atoms with van der Waals surface area (Å²) in [6.07, 6.45) is 6.12. The molecular formula is C21H28N4O2. The Bertz CT molecular complexity index is 793. The number of rotatable bonds is 7. The van der Waals surface area contributed by atoms with Gasteiger partial charge in [-0.1, -0.05) is 18.2 Å². The fourth-order valence-corrected chi connectivity index (χ4v) is 3.94. The molecule has 4 N–H and O–H groups in total. The molecule has 1 heterocycles. The van der Waals surface area contributed by atoms with Crippen molar-refractivity contribution in [1.82, 2.24) is 15.2 Å². The molecular weight excluding hydrogens is 340 g/mol. The molecule has 1 fully saturated rings. The van der Waals surface area contributed by atoms with Crippen molar-refractivity contribution >= 4 is 23.0 Å². The van der Waals surface area contributed by atoms with Crippen LogP contribution in [0.2, 0.25) is 0 Å². The third-order valence-corrected chi connectivity index (χ3v) is 5.40. The summed E-state index contributed by atoms with van der Waals surface area (Å²) in [4.78, 5) is 18.3. The number of aromatic nitrogens is 1. The summed E-state index contributed by atoms with van der Waals surface area (Å²) in [7, 11) is 0. The Morgan fingerprint density at radius 1 is 1.41 bits per heavy atom. The molecule has 0 aliphatic heterocycles. The third kappa shape index (κ3) is 4.39. The van der Waals surface area contributed by atoms with Gasteiger partial charge in [-0.15, -0.1) is 0 Å². The number of carbonyl (C=O) groups is 1. The van der Waals surface area contributed by atoms with Gasteiger partial charge in [0.05, 0.1) is 6.26 Å². The van der Waals surface area contributed by atoms with E-state index in [1.54, 1.807) is 0 Å². The summed E-state index contributed by atoms with van der Waals surface area (Å²) < 4.78 is 0. The molecule has 6 nitrogen and oxygen atoms in total. The smallest absolute Gasteiger partial charge is 0.270 e. The van der Waals surface area contributed by atoms with Crippen molar-refractivity contribution in [1.29, 1.82) is 5.41 Å². The molecule has 0 unspecified atom stereocenters. The monoisotopic (exact) mass is 368 g/mol. The van der Waals surface area contributed by atoms with Crippen LogP contribution in [0, 0.1) is 5.41 Å². The molecule has 0 radical (unpaired) electrons.